The van der Waals surface area contributed by atoms with Gasteiger partial charge in [-0.15, -0.1) is 0 Å². The summed E-state index contributed by atoms with van der Waals surface area (Å²) in [4.78, 5) is 2.25. The van der Waals surface area contributed by atoms with Crippen LogP contribution in [0.25, 0.3) is 0 Å². The molecule has 1 rings (SSSR count). The second-order valence-electron chi connectivity index (χ2n) is 5.07. The molecule has 1 aliphatic heterocycles. The minimum Gasteiger partial charge on any atom is -0.317 e. The van der Waals surface area contributed by atoms with Gasteiger partial charge in [-0.05, 0) is 52.5 Å². The van der Waals surface area contributed by atoms with Crippen LogP contribution in [0.4, 0.5) is 0 Å². The molecular weight excluding hydrogens is 250 g/mol. The van der Waals surface area contributed by atoms with Gasteiger partial charge < -0.3 is 10.2 Å². The Morgan fingerprint density at radius 1 is 1.33 bits per heavy atom. The smallest absolute Gasteiger partial charge is 0.214 e. The Balaban J connectivity index is 2.41. The average molecular weight is 277 g/mol. The minimum atomic E-state index is -3.08. The topological polar surface area (TPSA) is 52.7 Å². The van der Waals surface area contributed by atoms with E-state index >= 15 is 0 Å². The summed E-state index contributed by atoms with van der Waals surface area (Å²) in [7, 11) is 0.736. The molecule has 0 aliphatic carbocycles. The van der Waals surface area contributed by atoms with Gasteiger partial charge in [0.2, 0.25) is 10.0 Å². The van der Waals surface area contributed by atoms with Crippen molar-refractivity contribution in [2.24, 2.45) is 0 Å². The summed E-state index contributed by atoms with van der Waals surface area (Å²) < 4.78 is 25.9. The maximum Gasteiger partial charge on any atom is 0.214 e. The van der Waals surface area contributed by atoms with Crippen LogP contribution in [0.15, 0.2) is 0 Å². The first kappa shape index (κ1) is 15.9. The van der Waals surface area contributed by atoms with Gasteiger partial charge in [0.05, 0.1) is 5.75 Å². The lowest BCUT2D eigenvalue weighted by Crippen LogP contribution is -2.45. The summed E-state index contributed by atoms with van der Waals surface area (Å²) >= 11 is 0. The first-order valence-electron chi connectivity index (χ1n) is 6.82. The molecule has 0 unspecified atom stereocenters. The quantitative estimate of drug-likeness (QED) is 0.682. The van der Waals surface area contributed by atoms with E-state index in [4.69, 9.17) is 0 Å². The molecule has 0 aromatic heterocycles. The lowest BCUT2D eigenvalue weighted by Gasteiger charge is -2.34. The third-order valence-electron chi connectivity index (χ3n) is 3.65. The normalized spacial score (nSPS) is 19.6. The zero-order valence-electron chi connectivity index (χ0n) is 11.9. The van der Waals surface area contributed by atoms with Crippen molar-refractivity contribution >= 4 is 10.0 Å². The van der Waals surface area contributed by atoms with E-state index < -0.39 is 10.0 Å². The van der Waals surface area contributed by atoms with Crippen molar-refractivity contribution < 1.29 is 8.42 Å². The first-order valence-corrected chi connectivity index (χ1v) is 8.43. The molecule has 6 heteroatoms. The van der Waals surface area contributed by atoms with Crippen molar-refractivity contribution in [1.82, 2.24) is 14.5 Å². The highest BCUT2D eigenvalue weighted by Gasteiger charge is 2.28. The van der Waals surface area contributed by atoms with Crippen molar-refractivity contribution in [1.29, 1.82) is 0 Å². The number of hydrogen-bond acceptors (Lipinski definition) is 4. The number of piperidine rings is 1. The van der Waals surface area contributed by atoms with Gasteiger partial charge in [0, 0.05) is 13.1 Å². The Morgan fingerprint density at radius 3 is 2.50 bits per heavy atom. The summed E-state index contributed by atoms with van der Waals surface area (Å²) in [5.74, 6) is 0.253. The van der Waals surface area contributed by atoms with Gasteiger partial charge in [-0.25, -0.2) is 12.7 Å². The fraction of sp³-hybridized carbons (Fsp3) is 1.00. The average Bonchev–Trinajstić information content (AvgIpc) is 2.35. The van der Waals surface area contributed by atoms with E-state index in [2.05, 4.69) is 17.3 Å². The molecule has 0 aromatic rings. The Morgan fingerprint density at radius 2 is 1.94 bits per heavy atom. The van der Waals surface area contributed by atoms with Crippen molar-refractivity contribution in [2.75, 3.05) is 46.0 Å². The lowest BCUT2D eigenvalue weighted by molar-refractivity contribution is 0.197. The highest BCUT2D eigenvalue weighted by molar-refractivity contribution is 7.89. The predicted molar refractivity (Wildman–Crippen MR) is 75.2 cm³/mol. The molecule has 1 N–H and O–H groups in total. The monoisotopic (exact) mass is 277 g/mol. The summed E-state index contributed by atoms with van der Waals surface area (Å²) in [5, 5.41) is 3.16. The zero-order valence-corrected chi connectivity index (χ0v) is 12.7. The van der Waals surface area contributed by atoms with Gasteiger partial charge in [0.25, 0.3) is 0 Å². The Bertz CT molecular complexity index is 324. The number of sulfonamides is 1. The zero-order chi connectivity index (χ0) is 13.6. The lowest BCUT2D eigenvalue weighted by atomic mass is 10.1. The van der Waals surface area contributed by atoms with E-state index in [0.717, 1.165) is 39.0 Å². The third-order valence-corrected chi connectivity index (χ3v) is 5.63. The number of hydrogen-bond donors (Lipinski definition) is 1. The third kappa shape index (κ3) is 4.84. The Kier molecular flexibility index (Phi) is 6.55. The van der Waals surface area contributed by atoms with Gasteiger partial charge in [0.1, 0.15) is 0 Å². The summed E-state index contributed by atoms with van der Waals surface area (Å²) in [5.41, 5.74) is 0. The second-order valence-corrected chi connectivity index (χ2v) is 7.22. The van der Waals surface area contributed by atoms with Crippen LogP contribution in [0, 0.1) is 0 Å². The molecule has 0 atom stereocenters. The van der Waals surface area contributed by atoms with Crippen molar-refractivity contribution in [2.45, 2.75) is 32.2 Å². The van der Waals surface area contributed by atoms with E-state index in [1.807, 2.05) is 6.92 Å². The van der Waals surface area contributed by atoms with Crippen LogP contribution >= 0.6 is 0 Å². The van der Waals surface area contributed by atoms with E-state index in [-0.39, 0.29) is 11.8 Å². The minimum absolute atomic E-state index is 0.185. The molecule has 0 amide bonds. The second kappa shape index (κ2) is 7.43. The van der Waals surface area contributed by atoms with Crippen LogP contribution in [-0.4, -0.2) is 69.7 Å². The van der Waals surface area contributed by atoms with Gasteiger partial charge in [-0.3, -0.25) is 0 Å². The molecule has 18 heavy (non-hydrogen) atoms. The molecule has 0 radical (unpaired) electrons. The van der Waals surface area contributed by atoms with Crippen LogP contribution in [0.2, 0.25) is 0 Å². The molecule has 0 spiro atoms. The number of likely N-dealkylation sites (tertiary alicyclic amines) is 1. The van der Waals surface area contributed by atoms with Gasteiger partial charge in [0.15, 0.2) is 0 Å². The molecule has 1 saturated heterocycles. The van der Waals surface area contributed by atoms with Crippen molar-refractivity contribution in [3.63, 3.8) is 0 Å². The van der Waals surface area contributed by atoms with E-state index in [9.17, 15) is 8.42 Å². The maximum absolute atomic E-state index is 12.2. The van der Waals surface area contributed by atoms with E-state index in [1.165, 1.54) is 0 Å². The largest absolute Gasteiger partial charge is 0.317 e. The standard InChI is InChI=1S/C12H27N3O2S/c1-4-13-8-5-11-18(16,17)15(3)12-6-9-14(2)10-7-12/h12-13H,4-11H2,1-3H3. The highest BCUT2D eigenvalue weighted by atomic mass is 32.2. The first-order chi connectivity index (χ1) is 8.47. The van der Waals surface area contributed by atoms with Crippen LogP contribution in [0.1, 0.15) is 26.2 Å². The Hall–Kier alpha value is -0.170. The maximum atomic E-state index is 12.2. The molecule has 1 fully saturated rings. The molecule has 0 bridgehead atoms. The molecular formula is C12H27N3O2S. The van der Waals surface area contributed by atoms with E-state index in [1.54, 1.807) is 11.4 Å². The molecule has 1 aliphatic rings. The number of nitrogens with one attached hydrogen (secondary N) is 1. The highest BCUT2D eigenvalue weighted by Crippen LogP contribution is 2.17. The van der Waals surface area contributed by atoms with Gasteiger partial charge in [-0.2, -0.15) is 0 Å². The number of rotatable bonds is 7. The SMILES string of the molecule is CCNCCCS(=O)(=O)N(C)C1CCN(C)CC1. The molecule has 108 valence electrons. The molecule has 0 aromatic carbocycles. The number of nitrogens with zero attached hydrogens (tertiary/aromatic N) is 2. The summed E-state index contributed by atoms with van der Waals surface area (Å²) in [6.45, 7) is 5.67. The Labute approximate surface area is 112 Å². The predicted octanol–water partition coefficient (Wildman–Crippen LogP) is 0.342. The van der Waals surface area contributed by atoms with Gasteiger partial charge in [-0.1, -0.05) is 6.92 Å². The van der Waals surface area contributed by atoms with Crippen molar-refractivity contribution in [3.05, 3.63) is 0 Å². The molecule has 5 nitrogen and oxygen atoms in total. The van der Waals surface area contributed by atoms with Crippen LogP contribution in [-0.2, 0) is 10.0 Å². The van der Waals surface area contributed by atoms with Crippen LogP contribution in [0.3, 0.4) is 0 Å². The van der Waals surface area contributed by atoms with Crippen LogP contribution < -0.4 is 5.32 Å². The van der Waals surface area contributed by atoms with Crippen molar-refractivity contribution in [3.8, 4) is 0 Å². The van der Waals surface area contributed by atoms with E-state index in [0.29, 0.717) is 6.42 Å². The fourth-order valence-corrected chi connectivity index (χ4v) is 3.75. The summed E-state index contributed by atoms with van der Waals surface area (Å²) in [6.07, 6.45) is 2.58. The van der Waals surface area contributed by atoms with Crippen LogP contribution in [0.5, 0.6) is 0 Å². The molecule has 1 heterocycles. The van der Waals surface area contributed by atoms with Gasteiger partial charge >= 0.3 is 0 Å². The summed E-state index contributed by atoms with van der Waals surface area (Å²) in [6, 6.07) is 0.185. The fourth-order valence-electron chi connectivity index (χ4n) is 2.29. The molecule has 0 saturated carbocycles.